The minimum Gasteiger partial charge on any atom is -0.472 e. The number of ether oxygens (including phenoxy) is 2. The molecule has 174 valence electrons. The molecule has 0 radical (unpaired) electrons. The van der Waals surface area contributed by atoms with Gasteiger partial charge < -0.3 is 14.6 Å². The minimum atomic E-state index is -1.15. The van der Waals surface area contributed by atoms with Crippen molar-refractivity contribution in [2.45, 2.75) is 37.8 Å². The molecule has 9 heteroatoms. The summed E-state index contributed by atoms with van der Waals surface area (Å²) in [6.07, 6.45) is 0.765. The number of likely N-dealkylation sites (tertiary alicyclic amines) is 1. The van der Waals surface area contributed by atoms with Gasteiger partial charge in [-0.15, -0.1) is 0 Å². The Hall–Kier alpha value is -2.65. The number of aliphatic hydroxyl groups excluding tert-OH is 1. The fraction of sp³-hybridized carbons (Fsp3) is 0.333. The Bertz CT molecular complexity index is 1090. The molecule has 1 saturated heterocycles. The third-order valence-corrected chi connectivity index (χ3v) is 5.24. The summed E-state index contributed by atoms with van der Waals surface area (Å²) in [6, 6.07) is 11.8. The van der Waals surface area contributed by atoms with E-state index in [1.54, 1.807) is 43.0 Å². The number of hydrogen-bond donors (Lipinski definition) is 1. The van der Waals surface area contributed by atoms with Gasteiger partial charge in [0, 0.05) is 24.2 Å². The molecule has 4 rings (SSSR count). The molecule has 1 aliphatic rings. The number of aliphatic hydroxyl groups is 1. The van der Waals surface area contributed by atoms with Crippen molar-refractivity contribution in [2.75, 3.05) is 13.1 Å². The number of nitrogens with zero attached hydrogens (tertiary/aromatic N) is 3. The first-order chi connectivity index (χ1) is 15.7. The van der Waals surface area contributed by atoms with Crippen molar-refractivity contribution >= 4 is 11.6 Å². The normalized spacial score (nSPS) is 17.8. The molecule has 2 atom stereocenters. The molecule has 0 spiro atoms. The summed E-state index contributed by atoms with van der Waals surface area (Å²) >= 11 is 6.03. The van der Waals surface area contributed by atoms with Crippen LogP contribution in [0.15, 0.2) is 54.7 Å². The molecular formula is C24H24ClF2N3O3. The smallest absolute Gasteiger partial charge is 0.233 e. The molecule has 1 aliphatic heterocycles. The van der Waals surface area contributed by atoms with E-state index in [2.05, 4.69) is 9.97 Å². The topological polar surface area (TPSA) is 67.7 Å². The van der Waals surface area contributed by atoms with Crippen LogP contribution in [0.5, 0.6) is 5.88 Å². The fourth-order valence-electron chi connectivity index (χ4n) is 3.60. The summed E-state index contributed by atoms with van der Waals surface area (Å²) in [5.41, 5.74) is 2.33. The number of aromatic nitrogens is 2. The van der Waals surface area contributed by atoms with E-state index in [1.807, 2.05) is 0 Å². The van der Waals surface area contributed by atoms with Crippen LogP contribution >= 0.6 is 11.6 Å². The molecule has 1 fully saturated rings. The molecular weight excluding hydrogens is 452 g/mol. The standard InChI is InChI=1S/C24H24ClF2N3O3/c1-24(2,25)33-23(31)30-12-11-19(14-30)32-20-13-28-21(15-3-7-17(26)8-4-15)22(29-20)16-5-9-18(27)10-6-16/h3-10,13,19,23,31H,11-12,14H2,1-2H3/t19-,23?/m0/s1. The number of rotatable bonds is 7. The van der Waals surface area contributed by atoms with E-state index in [9.17, 15) is 13.9 Å². The average Bonchev–Trinajstić information content (AvgIpc) is 3.23. The van der Waals surface area contributed by atoms with Gasteiger partial charge in [-0.2, -0.15) is 0 Å². The molecule has 2 aromatic carbocycles. The maximum atomic E-state index is 13.5. The Balaban J connectivity index is 1.57. The number of benzene rings is 2. The molecule has 0 bridgehead atoms. The van der Waals surface area contributed by atoms with Crippen molar-refractivity contribution in [1.82, 2.24) is 14.9 Å². The SMILES string of the molecule is CC(C)(Cl)OC(O)N1CC[C@H](Oc2cnc(-c3ccc(F)cc3)c(-c3ccc(F)cc3)n2)C1. The van der Waals surface area contributed by atoms with Gasteiger partial charge in [-0.3, -0.25) is 4.90 Å². The fourth-order valence-corrected chi connectivity index (χ4v) is 3.68. The molecule has 6 nitrogen and oxygen atoms in total. The third kappa shape index (κ3) is 6.03. The average molecular weight is 476 g/mol. The quantitative estimate of drug-likeness (QED) is 0.391. The summed E-state index contributed by atoms with van der Waals surface area (Å²) in [7, 11) is 0. The third-order valence-electron chi connectivity index (χ3n) is 5.15. The van der Waals surface area contributed by atoms with Crippen LogP contribution in [0.4, 0.5) is 8.78 Å². The van der Waals surface area contributed by atoms with Gasteiger partial charge in [0.2, 0.25) is 12.3 Å². The maximum absolute atomic E-state index is 13.5. The first kappa shape index (κ1) is 23.5. The second-order valence-corrected chi connectivity index (χ2v) is 9.16. The molecule has 1 unspecified atom stereocenters. The Morgan fingerprint density at radius 1 is 1.03 bits per heavy atom. The van der Waals surface area contributed by atoms with Crippen LogP contribution in [0.1, 0.15) is 20.3 Å². The molecule has 33 heavy (non-hydrogen) atoms. The molecule has 3 aromatic rings. The van der Waals surface area contributed by atoms with Crippen molar-refractivity contribution in [2.24, 2.45) is 0 Å². The summed E-state index contributed by atoms with van der Waals surface area (Å²) in [6.45, 7) is 4.28. The second-order valence-electron chi connectivity index (χ2n) is 8.25. The first-order valence-corrected chi connectivity index (χ1v) is 10.9. The number of hydrogen-bond acceptors (Lipinski definition) is 6. The summed E-state index contributed by atoms with van der Waals surface area (Å²) < 4.78 is 38.3. The Morgan fingerprint density at radius 3 is 2.18 bits per heavy atom. The van der Waals surface area contributed by atoms with Crippen LogP contribution in [-0.2, 0) is 4.74 Å². The Labute approximate surface area is 195 Å². The predicted octanol–water partition coefficient (Wildman–Crippen LogP) is 4.81. The van der Waals surface area contributed by atoms with Crippen LogP contribution in [-0.4, -0.2) is 50.6 Å². The van der Waals surface area contributed by atoms with Crippen LogP contribution in [0, 0.1) is 11.6 Å². The molecule has 0 amide bonds. The number of alkyl halides is 1. The lowest BCUT2D eigenvalue weighted by atomic mass is 10.0. The van der Waals surface area contributed by atoms with E-state index in [4.69, 9.17) is 21.1 Å². The predicted molar refractivity (Wildman–Crippen MR) is 120 cm³/mol. The lowest BCUT2D eigenvalue weighted by Crippen LogP contribution is -2.40. The van der Waals surface area contributed by atoms with E-state index in [0.29, 0.717) is 47.9 Å². The van der Waals surface area contributed by atoms with Crippen molar-refractivity contribution in [3.63, 3.8) is 0 Å². The van der Waals surface area contributed by atoms with E-state index in [0.717, 1.165) is 0 Å². The highest BCUT2D eigenvalue weighted by Gasteiger charge is 2.32. The minimum absolute atomic E-state index is 0.242. The second kappa shape index (κ2) is 9.69. The molecule has 0 aliphatic carbocycles. The molecule has 1 N–H and O–H groups in total. The molecule has 0 saturated carbocycles. The number of halogens is 3. The van der Waals surface area contributed by atoms with Gasteiger partial charge in [0.25, 0.3) is 0 Å². The van der Waals surface area contributed by atoms with Crippen LogP contribution in [0.2, 0.25) is 0 Å². The highest BCUT2D eigenvalue weighted by molar-refractivity contribution is 6.22. The Morgan fingerprint density at radius 2 is 1.61 bits per heavy atom. The van der Waals surface area contributed by atoms with Crippen LogP contribution < -0.4 is 4.74 Å². The Kier molecular flexibility index (Phi) is 6.90. The molecule has 1 aromatic heterocycles. The maximum Gasteiger partial charge on any atom is 0.233 e. The summed E-state index contributed by atoms with van der Waals surface area (Å²) in [4.78, 5) is 10.9. The highest BCUT2D eigenvalue weighted by atomic mass is 35.5. The first-order valence-electron chi connectivity index (χ1n) is 10.5. The van der Waals surface area contributed by atoms with Crippen molar-refractivity contribution in [3.8, 4) is 28.4 Å². The lowest BCUT2D eigenvalue weighted by molar-refractivity contribution is -0.217. The van der Waals surface area contributed by atoms with Gasteiger partial charge in [-0.1, -0.05) is 11.6 Å². The zero-order chi connectivity index (χ0) is 23.6. The van der Waals surface area contributed by atoms with Gasteiger partial charge >= 0.3 is 0 Å². The van der Waals surface area contributed by atoms with Gasteiger partial charge in [-0.05, 0) is 68.8 Å². The lowest BCUT2D eigenvalue weighted by Gasteiger charge is -2.28. The van der Waals surface area contributed by atoms with Crippen molar-refractivity contribution in [3.05, 3.63) is 66.4 Å². The van der Waals surface area contributed by atoms with Crippen LogP contribution in [0.3, 0.4) is 0 Å². The van der Waals surface area contributed by atoms with Crippen molar-refractivity contribution in [1.29, 1.82) is 0 Å². The van der Waals surface area contributed by atoms with Gasteiger partial charge in [0.15, 0.2) is 0 Å². The zero-order valence-corrected chi connectivity index (χ0v) is 19.0. The van der Waals surface area contributed by atoms with E-state index in [1.165, 1.54) is 30.5 Å². The monoisotopic (exact) mass is 475 g/mol. The van der Waals surface area contributed by atoms with Gasteiger partial charge in [0.05, 0.1) is 11.9 Å². The highest BCUT2D eigenvalue weighted by Crippen LogP contribution is 2.31. The van der Waals surface area contributed by atoms with Crippen LogP contribution in [0.25, 0.3) is 22.5 Å². The largest absolute Gasteiger partial charge is 0.472 e. The molecule has 2 heterocycles. The van der Waals surface area contributed by atoms with E-state index < -0.39 is 11.5 Å². The van der Waals surface area contributed by atoms with E-state index >= 15 is 0 Å². The zero-order valence-electron chi connectivity index (χ0n) is 18.2. The van der Waals surface area contributed by atoms with Crippen molar-refractivity contribution < 1.29 is 23.4 Å². The summed E-state index contributed by atoms with van der Waals surface area (Å²) in [5, 5.41) is 9.25. The summed E-state index contributed by atoms with van der Waals surface area (Å²) in [5.74, 6) is -0.431. The van der Waals surface area contributed by atoms with E-state index in [-0.39, 0.29) is 17.7 Å². The van der Waals surface area contributed by atoms with Gasteiger partial charge in [0.1, 0.15) is 28.5 Å². The van der Waals surface area contributed by atoms with Gasteiger partial charge in [-0.25, -0.2) is 18.7 Å².